The van der Waals surface area contributed by atoms with E-state index in [1.165, 1.54) is 19.3 Å². The summed E-state index contributed by atoms with van der Waals surface area (Å²) in [6, 6.07) is 0. The molecule has 0 saturated carbocycles. The lowest BCUT2D eigenvalue weighted by Crippen LogP contribution is -2.08. The summed E-state index contributed by atoms with van der Waals surface area (Å²) in [6.07, 6.45) is 4.08. The summed E-state index contributed by atoms with van der Waals surface area (Å²) < 4.78 is 0. The van der Waals surface area contributed by atoms with E-state index in [1.807, 2.05) is 37.7 Å². The summed E-state index contributed by atoms with van der Waals surface area (Å²) in [5.41, 5.74) is 0. The third-order valence-electron chi connectivity index (χ3n) is 1.34. The lowest BCUT2D eigenvalue weighted by atomic mass is 10.3. The average molecular weight is 410 g/mol. The zero-order chi connectivity index (χ0) is 16.0. The van der Waals surface area contributed by atoms with E-state index in [2.05, 4.69) is 71.6 Å². The molecule has 0 spiro atoms. The first-order valence-corrected chi connectivity index (χ1v) is 9.60. The van der Waals surface area contributed by atoms with Crippen LogP contribution in [0.4, 0.5) is 0 Å². The van der Waals surface area contributed by atoms with E-state index in [0.717, 1.165) is 6.54 Å². The van der Waals surface area contributed by atoms with Crippen LogP contribution in [0.3, 0.4) is 0 Å². The van der Waals surface area contributed by atoms with Crippen molar-refractivity contribution < 1.29 is 0 Å². The molecule has 126 valence electrons. The van der Waals surface area contributed by atoms with Gasteiger partial charge < -0.3 is 9.80 Å². The van der Waals surface area contributed by atoms with Crippen molar-refractivity contribution >= 4 is 31.9 Å². The van der Waals surface area contributed by atoms with E-state index in [4.69, 9.17) is 0 Å². The SMILES string of the molecule is C.CBr.CBr.CCCCC.CCN(C)C.CN(C)C. The topological polar surface area (TPSA) is 6.48 Å². The fourth-order valence-corrected chi connectivity index (χ4v) is 0.354. The molecule has 0 fully saturated rings. The van der Waals surface area contributed by atoms with Gasteiger partial charge in [0.2, 0.25) is 0 Å². The van der Waals surface area contributed by atoms with Gasteiger partial charge in [-0.05, 0) is 53.4 Å². The first kappa shape index (κ1) is 36.8. The maximum absolute atomic E-state index is 2.94. The molecule has 0 N–H and O–H groups in total. The number of hydrogen-bond donors (Lipinski definition) is 0. The van der Waals surface area contributed by atoms with Gasteiger partial charge in [0.25, 0.3) is 0 Å². The second-order valence-electron chi connectivity index (χ2n) is 4.09. The van der Waals surface area contributed by atoms with E-state index < -0.39 is 0 Å². The van der Waals surface area contributed by atoms with Gasteiger partial charge in [0.1, 0.15) is 0 Å². The minimum absolute atomic E-state index is 0. The zero-order valence-electron chi connectivity index (χ0n) is 14.5. The number of halogens is 2. The van der Waals surface area contributed by atoms with E-state index in [1.54, 1.807) is 0 Å². The van der Waals surface area contributed by atoms with Crippen LogP contribution in [0.1, 0.15) is 47.5 Å². The van der Waals surface area contributed by atoms with Gasteiger partial charge in [0, 0.05) is 0 Å². The highest BCUT2D eigenvalue weighted by atomic mass is 79.9. The van der Waals surface area contributed by atoms with Crippen LogP contribution in [0.15, 0.2) is 0 Å². The highest BCUT2D eigenvalue weighted by Crippen LogP contribution is 1.88. The first-order valence-electron chi connectivity index (χ1n) is 6.43. The van der Waals surface area contributed by atoms with Crippen LogP contribution in [0.5, 0.6) is 0 Å². The van der Waals surface area contributed by atoms with Gasteiger partial charge in [-0.3, -0.25) is 0 Å². The average Bonchev–Trinajstić information content (AvgIpc) is 2.35. The Morgan fingerprint density at radius 1 is 0.684 bits per heavy atom. The van der Waals surface area contributed by atoms with Gasteiger partial charge in [0.05, 0.1) is 0 Å². The van der Waals surface area contributed by atoms with Crippen molar-refractivity contribution in [2.45, 2.75) is 47.5 Å². The van der Waals surface area contributed by atoms with Crippen LogP contribution in [-0.2, 0) is 0 Å². The van der Waals surface area contributed by atoms with Crippen molar-refractivity contribution in [3.63, 3.8) is 0 Å². The van der Waals surface area contributed by atoms with Crippen LogP contribution in [0, 0.1) is 0 Å². The van der Waals surface area contributed by atoms with E-state index in [9.17, 15) is 0 Å². The van der Waals surface area contributed by atoms with Crippen molar-refractivity contribution in [1.82, 2.24) is 9.80 Å². The molecule has 0 bridgehead atoms. The number of hydrogen-bond acceptors (Lipinski definition) is 2. The summed E-state index contributed by atoms with van der Waals surface area (Å²) in [7, 11) is 10.1. The minimum atomic E-state index is 0. The third-order valence-corrected chi connectivity index (χ3v) is 1.34. The maximum Gasteiger partial charge on any atom is -0.00533 e. The van der Waals surface area contributed by atoms with Gasteiger partial charge in [-0.15, -0.1) is 0 Å². The number of rotatable bonds is 3. The molecule has 0 aromatic carbocycles. The Kier molecular flexibility index (Phi) is 98.7. The Bertz CT molecular complexity index is 75.8. The Labute approximate surface area is 142 Å². The molecule has 0 aliphatic carbocycles. The molecule has 0 atom stereocenters. The Hall–Kier alpha value is 0.880. The Morgan fingerprint density at radius 2 is 0.842 bits per heavy atom. The predicted octanol–water partition coefficient (Wildman–Crippen LogP) is 5.60. The Balaban J connectivity index is -0.0000000289. The lowest BCUT2D eigenvalue weighted by Gasteiger charge is -2.00. The van der Waals surface area contributed by atoms with Crippen LogP contribution in [0.2, 0.25) is 0 Å². The third kappa shape index (κ3) is 226. The van der Waals surface area contributed by atoms with Gasteiger partial charge in [-0.25, -0.2) is 0 Å². The quantitative estimate of drug-likeness (QED) is 0.559. The smallest absolute Gasteiger partial charge is 0.00533 e. The van der Waals surface area contributed by atoms with E-state index in [0.29, 0.717) is 0 Å². The van der Waals surface area contributed by atoms with Crippen LogP contribution in [-0.4, -0.2) is 63.2 Å². The molecule has 0 aliphatic rings. The van der Waals surface area contributed by atoms with E-state index in [-0.39, 0.29) is 7.43 Å². The van der Waals surface area contributed by atoms with Crippen molar-refractivity contribution in [1.29, 1.82) is 0 Å². The molecule has 0 aromatic rings. The fraction of sp³-hybridized carbons (Fsp3) is 1.00. The van der Waals surface area contributed by atoms with Crippen molar-refractivity contribution in [2.75, 3.05) is 53.4 Å². The largest absolute Gasteiger partial charge is 0.312 e. The Morgan fingerprint density at radius 3 is 0.842 bits per heavy atom. The maximum atomic E-state index is 2.94. The van der Waals surface area contributed by atoms with Crippen molar-refractivity contribution in [3.8, 4) is 0 Å². The number of nitrogens with zero attached hydrogens (tertiary/aromatic N) is 2. The van der Waals surface area contributed by atoms with Crippen LogP contribution < -0.4 is 0 Å². The summed E-state index contributed by atoms with van der Waals surface area (Å²) >= 11 is 5.88. The summed E-state index contributed by atoms with van der Waals surface area (Å²) in [4.78, 5) is 4.12. The molecule has 0 unspecified atom stereocenters. The van der Waals surface area contributed by atoms with Crippen molar-refractivity contribution in [2.24, 2.45) is 0 Å². The monoisotopic (exact) mass is 408 g/mol. The number of unbranched alkanes of at least 4 members (excludes halogenated alkanes) is 2. The predicted molar refractivity (Wildman–Crippen MR) is 105 cm³/mol. The fourth-order valence-electron chi connectivity index (χ4n) is 0.354. The molecular weight excluding hydrogens is 368 g/mol. The summed E-state index contributed by atoms with van der Waals surface area (Å²) in [5, 5.41) is 0. The molecule has 0 rings (SSSR count). The van der Waals surface area contributed by atoms with Crippen LogP contribution >= 0.6 is 31.9 Å². The van der Waals surface area contributed by atoms with Crippen LogP contribution in [0.25, 0.3) is 0 Å². The highest BCUT2D eigenvalue weighted by Gasteiger charge is 1.72. The summed E-state index contributed by atoms with van der Waals surface area (Å²) in [6.45, 7) is 7.69. The zero-order valence-corrected chi connectivity index (χ0v) is 17.7. The van der Waals surface area contributed by atoms with Gasteiger partial charge >= 0.3 is 0 Å². The molecule has 0 aliphatic heterocycles. The molecule has 0 radical (unpaired) electrons. The summed E-state index contributed by atoms with van der Waals surface area (Å²) in [5.74, 6) is 3.62. The number of alkyl halides is 2. The van der Waals surface area contributed by atoms with Gasteiger partial charge in [0.15, 0.2) is 0 Å². The minimum Gasteiger partial charge on any atom is -0.312 e. The highest BCUT2D eigenvalue weighted by molar-refractivity contribution is 9.09. The standard InChI is InChI=1S/C5H12.C4H11N.C3H9N.2CH3Br.CH4/c1-3-5-4-2;1-4-5(2)3;1-4(2)3;2*1-2;/h3-5H2,1-2H3;4H2,1-3H3;1-3H3;2*1H3;1H4. The normalized spacial score (nSPS) is 7.26. The second kappa shape index (κ2) is 51.0. The molecule has 0 heterocycles. The molecule has 19 heavy (non-hydrogen) atoms. The van der Waals surface area contributed by atoms with Gasteiger partial charge in [-0.2, -0.15) is 0 Å². The second-order valence-corrected chi connectivity index (χ2v) is 4.09. The first-order chi connectivity index (χ1) is 8.42. The lowest BCUT2D eigenvalue weighted by molar-refractivity contribution is 0.434. The molecular formula is C15H42Br2N2. The molecule has 0 saturated heterocycles. The van der Waals surface area contributed by atoms with Gasteiger partial charge in [-0.1, -0.05) is 79.3 Å². The molecule has 0 amide bonds. The molecule has 0 aromatic heterocycles. The van der Waals surface area contributed by atoms with E-state index >= 15 is 0 Å². The molecule has 4 heteroatoms. The molecule has 2 nitrogen and oxygen atoms in total. The van der Waals surface area contributed by atoms with Crippen molar-refractivity contribution in [3.05, 3.63) is 0 Å².